The van der Waals surface area contributed by atoms with Crippen LogP contribution in [0.15, 0.2) is 48.8 Å². The van der Waals surface area contributed by atoms with Crippen molar-refractivity contribution in [2.45, 2.75) is 0 Å². The van der Waals surface area contributed by atoms with E-state index >= 15 is 0 Å². The fraction of sp³-hybridized carbons (Fsp3) is 0.222. The van der Waals surface area contributed by atoms with Gasteiger partial charge in [0.15, 0.2) is 0 Å². The number of aromatic nitrogens is 6. The van der Waals surface area contributed by atoms with Gasteiger partial charge in [0.1, 0.15) is 17.2 Å². The van der Waals surface area contributed by atoms with Crippen LogP contribution in [0.5, 0.6) is 0 Å². The first kappa shape index (κ1) is 15.0. The Labute approximate surface area is 149 Å². The van der Waals surface area contributed by atoms with Crippen LogP contribution >= 0.6 is 0 Å². The zero-order chi connectivity index (χ0) is 17.3. The fourth-order valence-corrected chi connectivity index (χ4v) is 3.15. The van der Waals surface area contributed by atoms with Crippen LogP contribution in [0.3, 0.4) is 0 Å². The molecule has 3 aromatic heterocycles. The van der Waals surface area contributed by atoms with Crippen molar-refractivity contribution in [2.75, 3.05) is 31.2 Å². The molecule has 1 fully saturated rings. The lowest BCUT2D eigenvalue weighted by Crippen LogP contribution is -2.36. The van der Waals surface area contributed by atoms with Crippen LogP contribution in [0.25, 0.3) is 28.0 Å². The van der Waals surface area contributed by atoms with Crippen LogP contribution in [0, 0.1) is 0 Å². The standard InChI is InChI=1S/C18H17N7O/c1-2-4-15-14(3-1)18(22-20-15)16-12-25(23-21-16)13-5-6-17(19-11-13)24-7-9-26-10-8-24/h1-6,11-12H,7-10H2,(H,20,22). The number of benzene rings is 1. The molecular weight excluding hydrogens is 330 g/mol. The molecule has 0 spiro atoms. The molecule has 1 saturated heterocycles. The summed E-state index contributed by atoms with van der Waals surface area (Å²) in [5.41, 5.74) is 3.36. The first-order chi connectivity index (χ1) is 12.9. The number of rotatable bonds is 3. The molecule has 0 unspecified atom stereocenters. The minimum absolute atomic E-state index is 0.722. The number of morpholine rings is 1. The smallest absolute Gasteiger partial charge is 0.134 e. The molecule has 4 aromatic rings. The molecule has 1 aliphatic heterocycles. The predicted molar refractivity (Wildman–Crippen MR) is 97.3 cm³/mol. The van der Waals surface area contributed by atoms with Gasteiger partial charge >= 0.3 is 0 Å². The lowest BCUT2D eigenvalue weighted by atomic mass is 10.2. The number of anilines is 1. The van der Waals surface area contributed by atoms with Crippen LogP contribution in [0.1, 0.15) is 0 Å². The lowest BCUT2D eigenvalue weighted by molar-refractivity contribution is 0.122. The molecule has 1 aromatic carbocycles. The molecule has 1 N–H and O–H groups in total. The molecule has 0 saturated carbocycles. The third-order valence-corrected chi connectivity index (χ3v) is 4.54. The molecule has 26 heavy (non-hydrogen) atoms. The number of para-hydroxylation sites is 1. The van der Waals surface area contributed by atoms with Gasteiger partial charge in [0.25, 0.3) is 0 Å². The number of H-pyrrole nitrogens is 1. The third-order valence-electron chi connectivity index (χ3n) is 4.54. The van der Waals surface area contributed by atoms with E-state index in [0.717, 1.165) is 60.1 Å². The van der Waals surface area contributed by atoms with Crippen LogP contribution in [0.4, 0.5) is 5.82 Å². The lowest BCUT2D eigenvalue weighted by Gasteiger charge is -2.27. The van der Waals surface area contributed by atoms with Gasteiger partial charge in [-0.3, -0.25) is 5.10 Å². The third kappa shape index (κ3) is 2.60. The minimum Gasteiger partial charge on any atom is -0.378 e. The summed E-state index contributed by atoms with van der Waals surface area (Å²) in [6.07, 6.45) is 3.68. The van der Waals surface area contributed by atoms with E-state index < -0.39 is 0 Å². The second-order valence-electron chi connectivity index (χ2n) is 6.14. The van der Waals surface area contributed by atoms with Crippen molar-refractivity contribution >= 4 is 16.7 Å². The summed E-state index contributed by atoms with van der Waals surface area (Å²) < 4.78 is 7.10. The summed E-state index contributed by atoms with van der Waals surface area (Å²) >= 11 is 0. The normalized spacial score (nSPS) is 14.8. The van der Waals surface area contributed by atoms with Crippen LogP contribution in [-0.4, -0.2) is 56.5 Å². The van der Waals surface area contributed by atoms with E-state index in [0.29, 0.717) is 0 Å². The molecule has 8 heteroatoms. The molecule has 0 atom stereocenters. The second-order valence-corrected chi connectivity index (χ2v) is 6.14. The number of pyridine rings is 1. The Morgan fingerprint density at radius 2 is 1.92 bits per heavy atom. The van der Waals surface area contributed by atoms with E-state index in [-0.39, 0.29) is 0 Å². The SMILES string of the molecule is c1ccc2c(-c3cn(-c4ccc(N5CCOCC5)nc4)nn3)n[nH]c2c1. The average molecular weight is 347 g/mol. The van der Waals surface area contributed by atoms with Crippen LogP contribution in [-0.2, 0) is 4.74 Å². The predicted octanol–water partition coefficient (Wildman–Crippen LogP) is 2.04. The van der Waals surface area contributed by atoms with Crippen LogP contribution in [0.2, 0.25) is 0 Å². The zero-order valence-electron chi connectivity index (χ0n) is 14.0. The molecule has 130 valence electrons. The van der Waals surface area contributed by atoms with Crippen LogP contribution < -0.4 is 4.90 Å². The number of hydrogen-bond acceptors (Lipinski definition) is 6. The highest BCUT2D eigenvalue weighted by molar-refractivity contribution is 5.91. The number of fused-ring (bicyclic) bond motifs is 1. The molecular formula is C18H17N7O. The van der Waals surface area contributed by atoms with Gasteiger partial charge in [0.2, 0.25) is 0 Å². The van der Waals surface area contributed by atoms with Gasteiger partial charge < -0.3 is 9.64 Å². The highest BCUT2D eigenvalue weighted by Crippen LogP contribution is 2.24. The van der Waals surface area contributed by atoms with Crippen molar-refractivity contribution in [3.63, 3.8) is 0 Å². The number of aromatic amines is 1. The Balaban J connectivity index is 1.43. The molecule has 8 nitrogen and oxygen atoms in total. The summed E-state index contributed by atoms with van der Waals surface area (Å²) in [6.45, 7) is 3.22. The van der Waals surface area contributed by atoms with Crippen molar-refractivity contribution in [1.82, 2.24) is 30.2 Å². The van der Waals surface area contributed by atoms with E-state index in [2.05, 4.69) is 30.4 Å². The van der Waals surface area contributed by atoms with Gasteiger partial charge in [-0.2, -0.15) is 5.10 Å². The van der Waals surface area contributed by atoms with Crippen molar-refractivity contribution < 1.29 is 4.74 Å². The Hall–Kier alpha value is -3.26. The number of ether oxygens (including phenoxy) is 1. The van der Waals surface area contributed by atoms with Crippen molar-refractivity contribution in [1.29, 1.82) is 0 Å². The van der Waals surface area contributed by atoms with E-state index in [1.165, 1.54) is 0 Å². The van der Waals surface area contributed by atoms with Gasteiger partial charge in [-0.15, -0.1) is 5.10 Å². The largest absolute Gasteiger partial charge is 0.378 e. The Morgan fingerprint density at radius 1 is 1.04 bits per heavy atom. The summed E-state index contributed by atoms with van der Waals surface area (Å²) in [6, 6.07) is 12.0. The monoisotopic (exact) mass is 347 g/mol. The molecule has 0 bridgehead atoms. The molecule has 0 amide bonds. The molecule has 0 aliphatic carbocycles. The van der Waals surface area contributed by atoms with Crippen molar-refractivity contribution in [2.24, 2.45) is 0 Å². The minimum atomic E-state index is 0.722. The Bertz CT molecular complexity index is 1030. The Kier molecular flexibility index (Phi) is 3.60. The maximum absolute atomic E-state index is 5.38. The first-order valence-electron chi connectivity index (χ1n) is 8.53. The topological polar surface area (TPSA) is 84.8 Å². The van der Waals surface area contributed by atoms with Crippen molar-refractivity contribution in [3.8, 4) is 17.1 Å². The summed E-state index contributed by atoms with van der Waals surface area (Å²) in [5.74, 6) is 0.954. The number of nitrogens with one attached hydrogen (secondary N) is 1. The van der Waals surface area contributed by atoms with Gasteiger partial charge in [-0.1, -0.05) is 23.4 Å². The van der Waals surface area contributed by atoms with Gasteiger partial charge in [0.05, 0.1) is 36.8 Å². The zero-order valence-corrected chi connectivity index (χ0v) is 14.0. The van der Waals surface area contributed by atoms with E-state index in [4.69, 9.17) is 4.74 Å². The maximum atomic E-state index is 5.38. The highest BCUT2D eigenvalue weighted by atomic mass is 16.5. The second kappa shape index (κ2) is 6.23. The number of nitrogens with zero attached hydrogens (tertiary/aromatic N) is 6. The number of hydrogen-bond donors (Lipinski definition) is 1. The van der Waals surface area contributed by atoms with Crippen molar-refractivity contribution in [3.05, 3.63) is 48.8 Å². The quantitative estimate of drug-likeness (QED) is 0.610. The maximum Gasteiger partial charge on any atom is 0.134 e. The molecule has 0 radical (unpaired) electrons. The van der Waals surface area contributed by atoms with E-state index in [9.17, 15) is 0 Å². The fourth-order valence-electron chi connectivity index (χ4n) is 3.15. The first-order valence-corrected chi connectivity index (χ1v) is 8.53. The molecule has 5 rings (SSSR count). The molecule has 4 heterocycles. The van der Waals surface area contributed by atoms with Gasteiger partial charge in [-0.25, -0.2) is 9.67 Å². The summed E-state index contributed by atoms with van der Waals surface area (Å²) in [7, 11) is 0. The summed E-state index contributed by atoms with van der Waals surface area (Å²) in [5, 5.41) is 16.9. The summed E-state index contributed by atoms with van der Waals surface area (Å²) in [4.78, 5) is 6.78. The highest BCUT2D eigenvalue weighted by Gasteiger charge is 2.14. The van der Waals surface area contributed by atoms with E-state index in [1.807, 2.05) is 48.8 Å². The van der Waals surface area contributed by atoms with Gasteiger partial charge in [-0.05, 0) is 18.2 Å². The molecule has 1 aliphatic rings. The van der Waals surface area contributed by atoms with Gasteiger partial charge in [0, 0.05) is 18.5 Å². The Morgan fingerprint density at radius 3 is 2.77 bits per heavy atom. The van der Waals surface area contributed by atoms with E-state index in [1.54, 1.807) is 4.68 Å². The average Bonchev–Trinajstić information content (AvgIpc) is 3.36.